The Bertz CT molecular complexity index is 1330. The van der Waals surface area contributed by atoms with E-state index in [1.165, 1.54) is 4.90 Å². The first kappa shape index (κ1) is 34.7. The van der Waals surface area contributed by atoms with E-state index in [1.54, 1.807) is 53.7 Å². The van der Waals surface area contributed by atoms with Crippen LogP contribution >= 0.6 is 0 Å². The van der Waals surface area contributed by atoms with E-state index in [0.29, 0.717) is 19.3 Å². The highest BCUT2D eigenvalue weighted by Crippen LogP contribution is 2.46. The molecule has 0 unspecified atom stereocenters. The average Bonchev–Trinajstić information content (AvgIpc) is 3.82. The van der Waals surface area contributed by atoms with Crippen molar-refractivity contribution in [3.63, 3.8) is 0 Å². The number of hydrogen-bond donors (Lipinski definition) is 3. The number of nitrogens with zero attached hydrogens (tertiary/aromatic N) is 1. The molecular weight excluding hydrogens is 608 g/mol. The van der Waals surface area contributed by atoms with Crippen LogP contribution < -0.4 is 15.4 Å². The monoisotopic (exact) mass is 654 g/mol. The molecule has 0 aromatic rings. The van der Waals surface area contributed by atoms with Gasteiger partial charge in [0.2, 0.25) is 21.8 Å². The van der Waals surface area contributed by atoms with E-state index in [-0.39, 0.29) is 39.0 Å². The Balaban J connectivity index is 1.63. The van der Waals surface area contributed by atoms with Crippen LogP contribution in [0.25, 0.3) is 0 Å². The molecule has 1 saturated heterocycles. The van der Waals surface area contributed by atoms with E-state index >= 15 is 0 Å². The second-order valence-corrected chi connectivity index (χ2v) is 16.3. The van der Waals surface area contributed by atoms with Crippen molar-refractivity contribution in [2.75, 3.05) is 19.8 Å². The summed E-state index contributed by atoms with van der Waals surface area (Å²) >= 11 is 0. The van der Waals surface area contributed by atoms with Gasteiger partial charge in [-0.05, 0) is 73.6 Å². The number of esters is 1. The maximum absolute atomic E-state index is 14.0. The number of hydrogen-bond acceptors (Lipinski definition) is 10. The van der Waals surface area contributed by atoms with Crippen LogP contribution in [-0.4, -0.2) is 97.4 Å². The highest BCUT2D eigenvalue weighted by Gasteiger charge is 2.62. The standard InChI is InChI=1S/C30H46N4O10S/c1-28(2,3)26(38)43-19-15-22-23(35)32-30(25(37)33-45(40,41)20-11-12-20)16-18(30)9-7-13-42-14-8-10-21(24(36)34(22)17-19)31-27(39)44-29(4,5)6/h7,9,18-22H,8,10-17H2,1-6H3,(H,31,39)(H,32,35)(H,33,37)/b9-7-/t18-,19-,21+,22+,30-/m1/s1. The van der Waals surface area contributed by atoms with Crippen molar-refractivity contribution in [1.82, 2.24) is 20.3 Å². The first-order valence-corrected chi connectivity index (χ1v) is 17.0. The number of fused-ring (bicyclic) bond motifs is 2. The third kappa shape index (κ3) is 8.75. The Morgan fingerprint density at radius 3 is 2.40 bits per heavy atom. The Kier molecular flexibility index (Phi) is 9.93. The van der Waals surface area contributed by atoms with Gasteiger partial charge in [-0.2, -0.15) is 0 Å². The van der Waals surface area contributed by atoms with Crippen LogP contribution in [0, 0.1) is 11.3 Å². The number of alkyl carbamates (subject to hydrolysis) is 1. The molecule has 2 heterocycles. The minimum atomic E-state index is -3.90. The van der Waals surface area contributed by atoms with Gasteiger partial charge in [0.25, 0.3) is 5.91 Å². The van der Waals surface area contributed by atoms with Gasteiger partial charge >= 0.3 is 12.1 Å². The summed E-state index contributed by atoms with van der Waals surface area (Å²) in [6.07, 6.45) is 3.32. The van der Waals surface area contributed by atoms with E-state index in [0.717, 1.165) is 0 Å². The molecule has 2 saturated carbocycles. The fourth-order valence-electron chi connectivity index (χ4n) is 5.34. The zero-order valence-electron chi connectivity index (χ0n) is 26.8. The van der Waals surface area contributed by atoms with Crippen LogP contribution in [0.5, 0.6) is 0 Å². The van der Waals surface area contributed by atoms with E-state index < -0.39 is 85.7 Å². The maximum Gasteiger partial charge on any atom is 0.408 e. The smallest absolute Gasteiger partial charge is 0.408 e. The summed E-state index contributed by atoms with van der Waals surface area (Å²) in [5.41, 5.74) is -3.22. The summed E-state index contributed by atoms with van der Waals surface area (Å²) in [5.74, 6) is -3.16. The summed E-state index contributed by atoms with van der Waals surface area (Å²) in [5, 5.41) is 4.72. The van der Waals surface area contributed by atoms with Crippen molar-refractivity contribution in [2.45, 2.75) is 115 Å². The van der Waals surface area contributed by atoms with E-state index in [1.807, 2.05) is 0 Å². The zero-order valence-corrected chi connectivity index (χ0v) is 27.7. The van der Waals surface area contributed by atoms with Crippen molar-refractivity contribution in [3.8, 4) is 0 Å². The number of rotatable bonds is 5. The number of carbonyl (C=O) groups is 5. The molecule has 2 aliphatic heterocycles. The Labute approximate surface area is 264 Å². The molecule has 3 fully saturated rings. The molecule has 0 spiro atoms. The van der Waals surface area contributed by atoms with Crippen molar-refractivity contribution in [2.24, 2.45) is 11.3 Å². The first-order chi connectivity index (χ1) is 20.8. The molecule has 0 bridgehead atoms. The van der Waals surface area contributed by atoms with Gasteiger partial charge in [-0.1, -0.05) is 12.2 Å². The number of nitrogens with one attached hydrogen (secondary N) is 3. The molecule has 0 radical (unpaired) electrons. The van der Waals surface area contributed by atoms with Crippen LogP contribution in [0.1, 0.15) is 80.1 Å². The SMILES string of the molecule is CC(C)(C)OC(=O)N[C@H]1CCCOC/C=C\[C@@H]2C[C@@]2(C(=O)NS(=O)(=O)C2CC2)NC(=O)[C@@H]2C[C@@H](OC(=O)C(C)(C)C)CN2C1=O. The molecule has 0 aromatic carbocycles. The summed E-state index contributed by atoms with van der Waals surface area (Å²) in [6.45, 7) is 10.4. The molecule has 4 aliphatic rings. The Morgan fingerprint density at radius 1 is 1.09 bits per heavy atom. The van der Waals surface area contributed by atoms with Gasteiger partial charge in [-0.15, -0.1) is 0 Å². The predicted molar refractivity (Wildman–Crippen MR) is 161 cm³/mol. The zero-order chi connectivity index (χ0) is 33.4. The lowest BCUT2D eigenvalue weighted by molar-refractivity contribution is -0.158. The number of amides is 4. The molecule has 4 amide bonds. The molecule has 14 nitrogen and oxygen atoms in total. The Morgan fingerprint density at radius 2 is 1.78 bits per heavy atom. The van der Waals surface area contributed by atoms with Gasteiger partial charge in [0.15, 0.2) is 0 Å². The van der Waals surface area contributed by atoms with Gasteiger partial charge in [-0.3, -0.25) is 23.9 Å². The summed E-state index contributed by atoms with van der Waals surface area (Å²) < 4.78 is 44.1. The fraction of sp³-hybridized carbons (Fsp3) is 0.767. The highest BCUT2D eigenvalue weighted by molar-refractivity contribution is 7.91. The first-order valence-electron chi connectivity index (χ1n) is 15.5. The van der Waals surface area contributed by atoms with Crippen molar-refractivity contribution in [3.05, 3.63) is 12.2 Å². The lowest BCUT2D eigenvalue weighted by Crippen LogP contribution is -2.58. The van der Waals surface area contributed by atoms with Gasteiger partial charge in [0.05, 0.1) is 23.8 Å². The van der Waals surface area contributed by atoms with Gasteiger partial charge < -0.3 is 29.7 Å². The normalized spacial score (nSPS) is 30.4. The van der Waals surface area contributed by atoms with Crippen LogP contribution in [0.3, 0.4) is 0 Å². The Hall–Kier alpha value is -3.20. The van der Waals surface area contributed by atoms with Crippen molar-refractivity contribution >= 4 is 39.8 Å². The van der Waals surface area contributed by atoms with Crippen LogP contribution in [0.15, 0.2) is 12.2 Å². The van der Waals surface area contributed by atoms with Gasteiger partial charge in [0, 0.05) is 18.9 Å². The third-order valence-electron chi connectivity index (χ3n) is 8.05. The number of ether oxygens (including phenoxy) is 3. The molecule has 5 atom stereocenters. The molecule has 2 aliphatic carbocycles. The highest BCUT2D eigenvalue weighted by atomic mass is 32.2. The summed E-state index contributed by atoms with van der Waals surface area (Å²) in [4.78, 5) is 68.1. The molecular formula is C30H46N4O10S. The average molecular weight is 655 g/mol. The maximum atomic E-state index is 14.0. The minimum absolute atomic E-state index is 0.0553. The van der Waals surface area contributed by atoms with Gasteiger partial charge in [0.1, 0.15) is 29.3 Å². The molecule has 252 valence electrons. The van der Waals surface area contributed by atoms with Crippen LogP contribution in [0.2, 0.25) is 0 Å². The van der Waals surface area contributed by atoms with Crippen molar-refractivity contribution < 1.29 is 46.6 Å². The van der Waals surface area contributed by atoms with Gasteiger partial charge in [-0.25, -0.2) is 13.2 Å². The predicted octanol–water partition coefficient (Wildman–Crippen LogP) is 1.29. The number of carbonyl (C=O) groups excluding carboxylic acids is 5. The summed E-state index contributed by atoms with van der Waals surface area (Å²) in [7, 11) is -3.90. The van der Waals surface area contributed by atoms with Crippen molar-refractivity contribution in [1.29, 1.82) is 0 Å². The third-order valence-corrected chi connectivity index (χ3v) is 9.87. The molecule has 4 rings (SSSR count). The van der Waals surface area contributed by atoms with Crippen LogP contribution in [-0.2, 0) is 43.4 Å². The molecule has 0 aromatic heterocycles. The fourth-order valence-corrected chi connectivity index (χ4v) is 6.70. The quantitative estimate of drug-likeness (QED) is 0.288. The van der Waals surface area contributed by atoms with E-state index in [9.17, 15) is 32.4 Å². The summed E-state index contributed by atoms with van der Waals surface area (Å²) in [6, 6.07) is -2.26. The van der Waals surface area contributed by atoms with E-state index in [4.69, 9.17) is 14.2 Å². The van der Waals surface area contributed by atoms with Crippen LogP contribution in [0.4, 0.5) is 4.79 Å². The molecule has 45 heavy (non-hydrogen) atoms. The minimum Gasteiger partial charge on any atom is -0.460 e. The lowest BCUT2D eigenvalue weighted by atomic mass is 9.97. The second-order valence-electron chi connectivity index (χ2n) is 14.3. The number of sulfonamides is 1. The molecule has 15 heteroatoms. The second kappa shape index (κ2) is 12.9. The molecule has 3 N–H and O–H groups in total. The topological polar surface area (TPSA) is 187 Å². The lowest BCUT2D eigenvalue weighted by Gasteiger charge is -2.30. The largest absolute Gasteiger partial charge is 0.460 e. The van der Waals surface area contributed by atoms with E-state index in [2.05, 4.69) is 15.4 Å².